The smallest absolute Gasteiger partial charge is 0.435 e. The van der Waals surface area contributed by atoms with Gasteiger partial charge in [0.15, 0.2) is 15.5 Å². The molecule has 21 nitrogen and oxygen atoms in total. The zero-order valence-corrected chi connectivity index (χ0v) is 56.0. The van der Waals surface area contributed by atoms with Crippen LogP contribution in [0.2, 0.25) is 5.02 Å². The fourth-order valence-corrected chi connectivity index (χ4v) is 11.3. The van der Waals surface area contributed by atoms with Gasteiger partial charge >= 0.3 is 30.3 Å². The molecule has 0 radical (unpaired) electrons. The molecule has 0 spiro atoms. The van der Waals surface area contributed by atoms with Crippen molar-refractivity contribution in [2.75, 3.05) is 12.8 Å². The van der Waals surface area contributed by atoms with E-state index in [0.29, 0.717) is 27.8 Å². The van der Waals surface area contributed by atoms with E-state index >= 15 is 17.6 Å². The number of nitrogens with one attached hydrogen (secondary N) is 1. The highest BCUT2D eigenvalue weighted by atomic mass is 35.5. The molecule has 3 amide bonds. The molecule has 3 aromatic heterocycles. The van der Waals surface area contributed by atoms with Crippen molar-refractivity contribution in [1.82, 2.24) is 39.1 Å². The van der Waals surface area contributed by atoms with Crippen molar-refractivity contribution in [2.45, 2.75) is 179 Å². The Morgan fingerprint density at radius 1 is 0.833 bits per heavy atom. The van der Waals surface area contributed by atoms with E-state index in [4.69, 9.17) is 25.8 Å². The summed E-state index contributed by atoms with van der Waals surface area (Å²) in [6, 6.07) is 2.77. The number of fused-ring (bicyclic) bond motifs is 4. The van der Waals surface area contributed by atoms with Gasteiger partial charge in [-0.3, -0.25) is 37.9 Å². The van der Waals surface area contributed by atoms with Crippen molar-refractivity contribution in [1.29, 1.82) is 0 Å². The highest BCUT2D eigenvalue weighted by Gasteiger charge is 2.68. The van der Waals surface area contributed by atoms with Crippen molar-refractivity contribution in [3.63, 3.8) is 0 Å². The fraction of sp³-hybridized carbons (Fsp3) is 0.500. The van der Waals surface area contributed by atoms with Crippen LogP contribution in [0.1, 0.15) is 147 Å². The molecule has 2 aliphatic carbocycles. The summed E-state index contributed by atoms with van der Waals surface area (Å²) in [6.45, 7) is 10.8. The van der Waals surface area contributed by atoms with Crippen LogP contribution in [0.3, 0.4) is 0 Å². The molecular weight excluding hydrogens is 1350 g/mol. The zero-order chi connectivity index (χ0) is 72.1. The lowest BCUT2D eigenvalue weighted by atomic mass is 9.93. The molecule has 0 saturated heterocycles. The predicted octanol–water partition coefficient (Wildman–Crippen LogP) is 10.3. The highest BCUT2D eigenvalue weighted by molar-refractivity contribution is 7.92. The number of halogens is 11. The van der Waals surface area contributed by atoms with Crippen LogP contribution in [0.15, 0.2) is 54.6 Å². The molecule has 5 atom stereocenters. The molecular formula is C62H67ClF10N8O13S2. The SMILES string of the molecule is CC(C)(C)OC(=O)CCN(C(=O)/C=C/C(=O)N(Cc1nn(CC(F)(F)F)c2c(-c3ccc(C#CC(C)(C)S(C)(=O)=O)nc3[C@H](Cc3cc(F)cc(F)c3)NC(=O)Cn3nc(C(F)(F)F)c4c3C(F)(F)[C@@H]3C[C@H]43)ccc(Cl)c12)S(=O)O)[C@@H](CC(=O)OC(C)(C)C)C(=O)OC(C)(C)C. The molecule has 1 saturated carbocycles. The standard InChI is InChI=1S/C62H67ClF10N8O13S2/c1-56(2,3)92-47(85)20-22-78(43(55(87)94-58(7,8)9)28-48(86)93-57(4,5)6)45(83)17-18-46(84)81(95(88)89)29-42-50-40(63)16-15-37(52(50)80(76-42)31-60(66,67)68)36-14-13-35(19-21-59(10,11)96(12,90)91)74-51(36)41(25-32-23-33(64)26-34(65)24-32)75-44(82)30-79-54-49(53(77-79)62(71,72)73)38-27-39(38)61(54,69)70/h13-18,23-24,26,38-39,41,43H,20,22,25,27-31H2,1-12H3,(H,75,82)(H,88,89)/b18-17+/t38-,39+,41-,43-/m0/s1. The number of pyridine rings is 1. The van der Waals surface area contributed by atoms with E-state index in [0.717, 1.165) is 42.7 Å². The van der Waals surface area contributed by atoms with Crippen molar-refractivity contribution in [3.05, 3.63) is 111 Å². The Balaban J connectivity index is 1.38. The van der Waals surface area contributed by atoms with Gasteiger partial charge < -0.3 is 24.4 Å². The second-order valence-electron chi connectivity index (χ2n) is 26.3. The second-order valence-corrected chi connectivity index (χ2v) is 30.2. The van der Waals surface area contributed by atoms with Crippen LogP contribution in [0, 0.1) is 29.4 Å². The summed E-state index contributed by atoms with van der Waals surface area (Å²) in [7, 11) is -3.97. The minimum atomic E-state index is -5.27. The van der Waals surface area contributed by atoms with Gasteiger partial charge in [0.05, 0.1) is 47.4 Å². The maximum atomic E-state index is 15.8. The summed E-state index contributed by atoms with van der Waals surface area (Å²) in [5, 5.41) is 8.99. The predicted molar refractivity (Wildman–Crippen MR) is 325 cm³/mol. The van der Waals surface area contributed by atoms with Gasteiger partial charge in [0.2, 0.25) is 11.8 Å². The topological polar surface area (TPSA) is 269 Å². The Kier molecular flexibility index (Phi) is 21.6. The summed E-state index contributed by atoms with van der Waals surface area (Å²) < 4.78 is 214. The number of rotatable bonds is 21. The molecule has 2 aliphatic rings. The van der Waals surface area contributed by atoms with Gasteiger partial charge in [0, 0.05) is 59.0 Å². The maximum Gasteiger partial charge on any atom is 0.435 e. The second kappa shape index (κ2) is 27.5. The molecule has 1 unspecified atom stereocenters. The zero-order valence-electron chi connectivity index (χ0n) is 53.6. The summed E-state index contributed by atoms with van der Waals surface area (Å²) >= 11 is 3.32. The van der Waals surface area contributed by atoms with Crippen LogP contribution in [-0.2, 0) is 102 Å². The van der Waals surface area contributed by atoms with Crippen LogP contribution >= 0.6 is 11.6 Å². The first kappa shape index (κ1) is 75.4. The molecule has 1 fully saturated rings. The Morgan fingerprint density at radius 2 is 1.42 bits per heavy atom. The Labute approximate surface area is 551 Å². The number of benzene rings is 2. The lowest BCUT2D eigenvalue weighted by Crippen LogP contribution is -2.49. The van der Waals surface area contributed by atoms with Crippen LogP contribution in [0.4, 0.5) is 43.9 Å². The lowest BCUT2D eigenvalue weighted by molar-refractivity contribution is -0.171. The fourth-order valence-electron chi connectivity index (χ4n) is 10.4. The lowest BCUT2D eigenvalue weighted by Gasteiger charge is -2.32. The number of ether oxygens (including phenoxy) is 3. The summed E-state index contributed by atoms with van der Waals surface area (Å²) in [5.41, 5.74) is -10.2. The molecule has 0 aliphatic heterocycles. The molecule has 7 rings (SSSR count). The van der Waals surface area contributed by atoms with E-state index < -0.39 is 222 Å². The van der Waals surface area contributed by atoms with Crippen molar-refractivity contribution in [2.24, 2.45) is 5.92 Å². The number of nitrogens with zero attached hydrogens (tertiary/aromatic N) is 7. The molecule has 522 valence electrons. The van der Waals surface area contributed by atoms with Gasteiger partial charge in [-0.2, -0.15) is 45.3 Å². The van der Waals surface area contributed by atoms with E-state index in [1.807, 2.05) is 0 Å². The number of sulfone groups is 1. The number of esters is 3. The normalized spacial score (nSPS) is 16.6. The number of carbonyl (C=O) groups excluding carboxylic acids is 6. The van der Waals surface area contributed by atoms with Crippen LogP contribution in [-0.4, -0.2) is 133 Å². The maximum absolute atomic E-state index is 15.8. The third-order valence-electron chi connectivity index (χ3n) is 14.6. The first-order valence-electron chi connectivity index (χ1n) is 29.2. The van der Waals surface area contributed by atoms with Crippen molar-refractivity contribution in [3.8, 4) is 23.0 Å². The molecule has 2 aromatic carbocycles. The van der Waals surface area contributed by atoms with Crippen LogP contribution in [0.25, 0.3) is 22.0 Å². The Bertz CT molecular complexity index is 4140. The average molecular weight is 1420 g/mol. The first-order valence-corrected chi connectivity index (χ1v) is 32.5. The van der Waals surface area contributed by atoms with Crippen molar-refractivity contribution < 1.29 is 104 Å². The highest BCUT2D eigenvalue weighted by Crippen LogP contribution is 2.68. The molecule has 96 heavy (non-hydrogen) atoms. The van der Waals surface area contributed by atoms with Gasteiger partial charge in [-0.1, -0.05) is 23.6 Å². The molecule has 3 heterocycles. The van der Waals surface area contributed by atoms with Gasteiger partial charge in [-0.05, 0) is 137 Å². The third-order valence-corrected chi connectivity index (χ3v) is 17.5. The molecule has 34 heteroatoms. The minimum Gasteiger partial charge on any atom is -0.460 e. The number of carbonyl (C=O) groups is 6. The third kappa shape index (κ3) is 18.6. The van der Waals surface area contributed by atoms with Crippen LogP contribution < -0.4 is 5.32 Å². The van der Waals surface area contributed by atoms with E-state index in [2.05, 4.69) is 32.3 Å². The monoisotopic (exact) mass is 1420 g/mol. The summed E-state index contributed by atoms with van der Waals surface area (Å²) in [4.78, 5) is 88.3. The van der Waals surface area contributed by atoms with Gasteiger partial charge in [0.25, 0.3) is 23.1 Å². The Hall–Kier alpha value is -7.96. The Morgan fingerprint density at radius 3 is 1.98 bits per heavy atom. The largest absolute Gasteiger partial charge is 0.460 e. The summed E-state index contributed by atoms with van der Waals surface area (Å²) in [6.07, 6.45) is -11.2. The van der Waals surface area contributed by atoms with E-state index in [9.17, 15) is 72.3 Å². The van der Waals surface area contributed by atoms with Gasteiger partial charge in [-0.15, -0.1) is 0 Å². The minimum absolute atomic E-state index is 0.0945. The van der Waals surface area contributed by atoms with Gasteiger partial charge in [0.1, 0.15) is 63.7 Å². The van der Waals surface area contributed by atoms with E-state index in [1.165, 1.54) is 55.4 Å². The average Bonchev–Trinajstić information content (AvgIpc) is 1.52. The number of amides is 3. The van der Waals surface area contributed by atoms with E-state index in [1.54, 1.807) is 20.8 Å². The first-order chi connectivity index (χ1) is 43.8. The molecule has 0 bridgehead atoms. The number of hydrogen-bond acceptors (Lipinski definition) is 15. The molecule has 5 aromatic rings. The number of aromatic nitrogens is 5. The van der Waals surface area contributed by atoms with Crippen molar-refractivity contribution >= 4 is 79.2 Å². The summed E-state index contributed by atoms with van der Waals surface area (Å²) in [5.74, 6) is -11.2. The van der Waals surface area contributed by atoms with Gasteiger partial charge in [-0.25, -0.2) is 35.5 Å². The quantitative estimate of drug-likeness (QED) is 0.0173. The van der Waals surface area contributed by atoms with E-state index in [-0.39, 0.29) is 37.8 Å². The van der Waals surface area contributed by atoms with Crippen LogP contribution in [0.5, 0.6) is 0 Å². The molecule has 2 N–H and O–H groups in total. The number of alkyl halides is 8. The number of hydrogen-bond donors (Lipinski definition) is 2.